The number of aliphatic hydroxyl groups excluding tert-OH is 1. The van der Waals surface area contributed by atoms with Gasteiger partial charge in [0, 0.05) is 11.3 Å². The standard InChI is InChI=1S/C26H30F3N3O4S/c1-16-9-7-8-12-18(16)14-30-22(34)21-25(2,3)37-15-32(21)23(35)20(33)19(31-24(36)26(27,28)29)13-17-10-5-4-6-11-17/h4-12,19-21,33H,13-15H2,1-3H3,(H,30,34)(H,31,36)/t19-,20-,21?/m0/s1. The minimum atomic E-state index is -5.19. The molecule has 2 aromatic rings. The molecule has 0 aliphatic carbocycles. The number of carbonyl (C=O) groups excluding carboxylic acids is 3. The highest BCUT2D eigenvalue weighted by atomic mass is 32.2. The van der Waals surface area contributed by atoms with Gasteiger partial charge in [0.2, 0.25) is 5.91 Å². The lowest BCUT2D eigenvalue weighted by Crippen LogP contribution is -2.59. The molecule has 2 aromatic carbocycles. The van der Waals surface area contributed by atoms with Gasteiger partial charge in [-0.25, -0.2) is 0 Å². The number of aliphatic hydroxyl groups is 1. The second kappa shape index (κ2) is 11.6. The summed E-state index contributed by atoms with van der Waals surface area (Å²) in [6.45, 7) is 5.70. The molecule has 1 fully saturated rings. The van der Waals surface area contributed by atoms with E-state index in [1.807, 2.05) is 31.2 Å². The van der Waals surface area contributed by atoms with Crippen LogP contribution in [-0.2, 0) is 27.3 Å². The molecule has 1 unspecified atom stereocenters. The van der Waals surface area contributed by atoms with Crippen molar-refractivity contribution in [2.45, 2.75) is 62.8 Å². The van der Waals surface area contributed by atoms with E-state index in [4.69, 9.17) is 0 Å². The van der Waals surface area contributed by atoms with E-state index in [2.05, 4.69) is 5.32 Å². The quantitative estimate of drug-likeness (QED) is 0.481. The fraction of sp³-hybridized carbons (Fsp3) is 0.423. The molecule has 1 saturated heterocycles. The van der Waals surface area contributed by atoms with Crippen molar-refractivity contribution >= 4 is 29.5 Å². The van der Waals surface area contributed by atoms with Crippen LogP contribution in [0.5, 0.6) is 0 Å². The van der Waals surface area contributed by atoms with Crippen molar-refractivity contribution in [1.82, 2.24) is 15.5 Å². The largest absolute Gasteiger partial charge is 0.471 e. The smallest absolute Gasteiger partial charge is 0.381 e. The highest BCUT2D eigenvalue weighted by Crippen LogP contribution is 2.40. The summed E-state index contributed by atoms with van der Waals surface area (Å²) in [6, 6.07) is 13.2. The second-order valence-corrected chi connectivity index (χ2v) is 11.0. The van der Waals surface area contributed by atoms with E-state index >= 15 is 0 Å². The first-order valence-electron chi connectivity index (χ1n) is 11.7. The number of nitrogens with one attached hydrogen (secondary N) is 2. The molecule has 3 amide bonds. The molecule has 3 atom stereocenters. The maximum absolute atomic E-state index is 13.4. The summed E-state index contributed by atoms with van der Waals surface area (Å²) in [5, 5.41) is 15.5. The normalized spacial score (nSPS) is 18.7. The Morgan fingerprint density at radius 3 is 2.35 bits per heavy atom. The number of hydrogen-bond acceptors (Lipinski definition) is 5. The summed E-state index contributed by atoms with van der Waals surface area (Å²) in [7, 11) is 0. The van der Waals surface area contributed by atoms with E-state index < -0.39 is 46.8 Å². The van der Waals surface area contributed by atoms with Gasteiger partial charge in [-0.1, -0.05) is 54.6 Å². The van der Waals surface area contributed by atoms with Crippen LogP contribution in [0.15, 0.2) is 54.6 Å². The van der Waals surface area contributed by atoms with Crippen LogP contribution in [0.25, 0.3) is 0 Å². The maximum atomic E-state index is 13.4. The van der Waals surface area contributed by atoms with Crippen LogP contribution >= 0.6 is 11.8 Å². The van der Waals surface area contributed by atoms with Gasteiger partial charge in [0.1, 0.15) is 6.04 Å². The highest BCUT2D eigenvalue weighted by Gasteiger charge is 2.50. The number of hydrogen-bond donors (Lipinski definition) is 3. The summed E-state index contributed by atoms with van der Waals surface area (Å²) in [6.07, 6.45) is -7.42. The van der Waals surface area contributed by atoms with Gasteiger partial charge < -0.3 is 20.6 Å². The summed E-state index contributed by atoms with van der Waals surface area (Å²) in [5.41, 5.74) is 2.40. The van der Waals surface area contributed by atoms with Gasteiger partial charge >= 0.3 is 12.1 Å². The maximum Gasteiger partial charge on any atom is 0.471 e. The van der Waals surface area contributed by atoms with E-state index in [1.165, 1.54) is 16.7 Å². The minimum absolute atomic E-state index is 0.0522. The SMILES string of the molecule is Cc1ccccc1CNC(=O)C1N(C(=O)[C@@H](O)[C@H](Cc2ccccc2)NC(=O)C(F)(F)F)CSC1(C)C. The van der Waals surface area contributed by atoms with Crippen LogP contribution < -0.4 is 10.6 Å². The lowest BCUT2D eigenvalue weighted by Gasteiger charge is -2.33. The molecule has 0 radical (unpaired) electrons. The zero-order valence-electron chi connectivity index (χ0n) is 20.7. The summed E-state index contributed by atoms with van der Waals surface area (Å²) >= 11 is 1.31. The van der Waals surface area contributed by atoms with Gasteiger partial charge in [0.25, 0.3) is 5.91 Å². The summed E-state index contributed by atoms with van der Waals surface area (Å²) in [4.78, 5) is 39.5. The van der Waals surface area contributed by atoms with Gasteiger partial charge in [0.15, 0.2) is 6.10 Å². The number of halogens is 3. The second-order valence-electron chi connectivity index (χ2n) is 9.44. The van der Waals surface area contributed by atoms with Crippen molar-refractivity contribution in [3.05, 3.63) is 71.3 Å². The molecule has 200 valence electrons. The molecule has 37 heavy (non-hydrogen) atoms. The Morgan fingerprint density at radius 2 is 1.73 bits per heavy atom. The minimum Gasteiger partial charge on any atom is -0.381 e. The van der Waals surface area contributed by atoms with Crippen molar-refractivity contribution in [1.29, 1.82) is 0 Å². The van der Waals surface area contributed by atoms with Crippen LogP contribution in [0.2, 0.25) is 0 Å². The first-order valence-corrected chi connectivity index (χ1v) is 12.7. The van der Waals surface area contributed by atoms with Crippen LogP contribution in [0.1, 0.15) is 30.5 Å². The summed E-state index contributed by atoms with van der Waals surface area (Å²) in [5.74, 6) is -3.59. The Bertz CT molecular complexity index is 1130. The van der Waals surface area contributed by atoms with Gasteiger partial charge in [-0.2, -0.15) is 13.2 Å². The van der Waals surface area contributed by atoms with Crippen LogP contribution in [0, 0.1) is 6.92 Å². The topological polar surface area (TPSA) is 98.7 Å². The number of benzene rings is 2. The van der Waals surface area contributed by atoms with Crippen molar-refractivity contribution in [3.8, 4) is 0 Å². The third-order valence-electron chi connectivity index (χ3n) is 6.30. The van der Waals surface area contributed by atoms with E-state index in [0.717, 1.165) is 11.1 Å². The number of amides is 3. The third-order valence-corrected chi connectivity index (χ3v) is 7.67. The average Bonchev–Trinajstić information content (AvgIpc) is 3.16. The molecule has 1 aliphatic heterocycles. The molecule has 7 nitrogen and oxygen atoms in total. The van der Waals surface area contributed by atoms with Gasteiger partial charge in [0.05, 0.1) is 11.9 Å². The predicted octanol–water partition coefficient (Wildman–Crippen LogP) is 2.94. The molecular formula is C26H30F3N3O4S. The number of aryl methyl sites for hydroxylation is 1. The molecule has 3 rings (SSSR count). The van der Waals surface area contributed by atoms with Crippen molar-refractivity contribution in [2.24, 2.45) is 0 Å². The van der Waals surface area contributed by atoms with Crippen molar-refractivity contribution in [3.63, 3.8) is 0 Å². The molecule has 0 bridgehead atoms. The van der Waals surface area contributed by atoms with Crippen molar-refractivity contribution < 1.29 is 32.7 Å². The van der Waals surface area contributed by atoms with Crippen LogP contribution in [0.3, 0.4) is 0 Å². The lowest BCUT2D eigenvalue weighted by molar-refractivity contribution is -0.175. The Kier molecular flexibility index (Phi) is 8.91. The van der Waals surface area contributed by atoms with E-state index in [-0.39, 0.29) is 18.8 Å². The van der Waals surface area contributed by atoms with Gasteiger partial charge in [-0.15, -0.1) is 11.8 Å². The number of carbonyl (C=O) groups is 3. The highest BCUT2D eigenvalue weighted by molar-refractivity contribution is 8.00. The Hall–Kier alpha value is -3.05. The molecule has 0 aromatic heterocycles. The number of rotatable bonds is 8. The Morgan fingerprint density at radius 1 is 1.11 bits per heavy atom. The number of thioether (sulfide) groups is 1. The molecule has 0 spiro atoms. The molecule has 3 N–H and O–H groups in total. The Balaban J connectivity index is 1.80. The molecule has 1 aliphatic rings. The van der Waals surface area contributed by atoms with Crippen LogP contribution in [0.4, 0.5) is 13.2 Å². The first kappa shape index (κ1) is 28.5. The van der Waals surface area contributed by atoms with E-state index in [0.29, 0.717) is 5.56 Å². The average molecular weight is 538 g/mol. The molecular weight excluding hydrogens is 507 g/mol. The lowest BCUT2D eigenvalue weighted by atomic mass is 9.97. The Labute approximate surface area is 217 Å². The molecule has 1 heterocycles. The molecule has 0 saturated carbocycles. The van der Waals surface area contributed by atoms with Crippen molar-refractivity contribution in [2.75, 3.05) is 5.88 Å². The fourth-order valence-electron chi connectivity index (χ4n) is 4.20. The number of nitrogens with zero attached hydrogens (tertiary/aromatic N) is 1. The third kappa shape index (κ3) is 7.04. The van der Waals surface area contributed by atoms with Crippen LogP contribution in [-0.4, -0.2) is 62.7 Å². The molecule has 11 heteroatoms. The van der Waals surface area contributed by atoms with E-state index in [1.54, 1.807) is 49.5 Å². The number of alkyl halides is 3. The zero-order valence-corrected chi connectivity index (χ0v) is 21.5. The summed E-state index contributed by atoms with van der Waals surface area (Å²) < 4.78 is 38.2. The van der Waals surface area contributed by atoms with E-state index in [9.17, 15) is 32.7 Å². The van der Waals surface area contributed by atoms with Gasteiger partial charge in [-0.05, 0) is 43.9 Å². The predicted molar refractivity (Wildman–Crippen MR) is 134 cm³/mol. The zero-order chi connectivity index (χ0) is 27.4. The monoisotopic (exact) mass is 537 g/mol. The fourth-order valence-corrected chi connectivity index (χ4v) is 5.34. The first-order chi connectivity index (χ1) is 17.3. The van der Waals surface area contributed by atoms with Gasteiger partial charge in [-0.3, -0.25) is 14.4 Å².